The van der Waals surface area contributed by atoms with Gasteiger partial charge in [-0.05, 0) is 30.7 Å². The van der Waals surface area contributed by atoms with E-state index in [2.05, 4.69) is 22.8 Å². The summed E-state index contributed by atoms with van der Waals surface area (Å²) in [4.78, 5) is 15.0. The molecule has 0 bridgehead atoms. The van der Waals surface area contributed by atoms with Crippen molar-refractivity contribution in [2.75, 3.05) is 13.6 Å². The van der Waals surface area contributed by atoms with Crippen molar-refractivity contribution in [1.82, 2.24) is 10.2 Å². The van der Waals surface area contributed by atoms with Crippen molar-refractivity contribution in [1.29, 1.82) is 0 Å². The number of rotatable bonds is 4. The van der Waals surface area contributed by atoms with E-state index in [1.165, 1.54) is 17.7 Å². The molecule has 1 saturated carbocycles. The Morgan fingerprint density at radius 3 is 2.94 bits per heavy atom. The molecule has 17 heavy (non-hydrogen) atoms. The van der Waals surface area contributed by atoms with E-state index in [-0.39, 0.29) is 6.03 Å². The van der Waals surface area contributed by atoms with E-state index in [1.54, 1.807) is 16.2 Å². The van der Waals surface area contributed by atoms with E-state index in [1.807, 2.05) is 7.05 Å². The number of hydrogen-bond donors (Lipinski definition) is 1. The van der Waals surface area contributed by atoms with Crippen LogP contribution in [-0.4, -0.2) is 30.6 Å². The summed E-state index contributed by atoms with van der Waals surface area (Å²) in [5.41, 5.74) is 0. The molecule has 0 saturated heterocycles. The van der Waals surface area contributed by atoms with Gasteiger partial charge in [0.25, 0.3) is 0 Å². The Hall–Kier alpha value is -1.03. The number of hydrogen-bond acceptors (Lipinski definition) is 2. The third-order valence-corrected chi connectivity index (χ3v) is 4.24. The van der Waals surface area contributed by atoms with Crippen LogP contribution in [0.1, 0.15) is 30.6 Å². The van der Waals surface area contributed by atoms with Crippen LogP contribution in [0.25, 0.3) is 0 Å². The highest BCUT2D eigenvalue weighted by Crippen LogP contribution is 2.17. The van der Waals surface area contributed by atoms with Crippen LogP contribution in [0.15, 0.2) is 17.5 Å². The smallest absolute Gasteiger partial charge is 0.317 e. The highest BCUT2D eigenvalue weighted by molar-refractivity contribution is 7.09. The monoisotopic (exact) mass is 252 g/mol. The number of carbonyl (C=O) groups is 1. The molecular weight excluding hydrogens is 232 g/mol. The Morgan fingerprint density at radius 1 is 1.53 bits per heavy atom. The normalized spacial score (nSPS) is 16.1. The molecule has 1 heterocycles. The Bertz CT molecular complexity index is 344. The number of likely N-dealkylation sites (N-methyl/N-ethyl adjacent to an activating group) is 1. The van der Waals surface area contributed by atoms with E-state index in [4.69, 9.17) is 0 Å². The molecule has 1 aliphatic rings. The summed E-state index contributed by atoms with van der Waals surface area (Å²) in [6, 6.07) is 4.66. The molecule has 0 aliphatic heterocycles. The molecule has 0 spiro atoms. The van der Waals surface area contributed by atoms with Crippen LogP contribution >= 0.6 is 11.3 Å². The van der Waals surface area contributed by atoms with Crippen molar-refractivity contribution in [2.45, 2.75) is 38.1 Å². The predicted molar refractivity (Wildman–Crippen MR) is 71.4 cm³/mol. The summed E-state index contributed by atoms with van der Waals surface area (Å²) in [6.45, 7) is 0.791. The van der Waals surface area contributed by atoms with Crippen LogP contribution in [0.4, 0.5) is 4.79 Å². The lowest BCUT2D eigenvalue weighted by Crippen LogP contribution is -2.42. The van der Waals surface area contributed by atoms with Gasteiger partial charge in [0.1, 0.15) is 0 Å². The van der Waals surface area contributed by atoms with Gasteiger partial charge >= 0.3 is 6.03 Å². The molecule has 0 unspecified atom stereocenters. The maximum atomic E-state index is 11.9. The highest BCUT2D eigenvalue weighted by atomic mass is 32.1. The molecule has 2 amide bonds. The highest BCUT2D eigenvalue weighted by Gasteiger charge is 2.18. The molecule has 1 aromatic heterocycles. The fourth-order valence-electron chi connectivity index (χ4n) is 2.19. The van der Waals surface area contributed by atoms with Crippen molar-refractivity contribution < 1.29 is 4.79 Å². The van der Waals surface area contributed by atoms with Crippen molar-refractivity contribution in [3.63, 3.8) is 0 Å². The predicted octanol–water partition coefficient (Wildman–Crippen LogP) is 2.87. The maximum Gasteiger partial charge on any atom is 0.317 e. The Balaban J connectivity index is 1.71. The summed E-state index contributed by atoms with van der Waals surface area (Å²) in [5, 5.41) is 5.18. The standard InChI is InChI=1S/C13H20N2OS/c1-15(9-8-12-7-4-10-17-12)13(16)14-11-5-2-3-6-11/h4,7,10-11H,2-3,5-6,8-9H2,1H3,(H,14,16). The van der Waals surface area contributed by atoms with Crippen molar-refractivity contribution in [3.8, 4) is 0 Å². The molecule has 0 aromatic carbocycles. The minimum atomic E-state index is 0.0773. The fraction of sp³-hybridized carbons (Fsp3) is 0.615. The first-order valence-corrected chi connectivity index (χ1v) is 7.17. The summed E-state index contributed by atoms with van der Waals surface area (Å²) >= 11 is 1.75. The first-order valence-electron chi connectivity index (χ1n) is 6.30. The van der Waals surface area contributed by atoms with Gasteiger partial charge in [-0.1, -0.05) is 18.9 Å². The molecule has 1 N–H and O–H groups in total. The summed E-state index contributed by atoms with van der Waals surface area (Å²) < 4.78 is 0. The molecule has 1 aliphatic carbocycles. The van der Waals surface area contributed by atoms with Gasteiger partial charge in [0.05, 0.1) is 0 Å². The topological polar surface area (TPSA) is 32.3 Å². The molecule has 0 radical (unpaired) electrons. The number of nitrogens with zero attached hydrogens (tertiary/aromatic N) is 1. The maximum absolute atomic E-state index is 11.9. The van der Waals surface area contributed by atoms with Crippen LogP contribution in [0.3, 0.4) is 0 Å². The second-order valence-electron chi connectivity index (χ2n) is 4.68. The van der Waals surface area contributed by atoms with Gasteiger partial charge in [0, 0.05) is 24.5 Å². The largest absolute Gasteiger partial charge is 0.335 e. The van der Waals surface area contributed by atoms with Crippen LogP contribution in [0.5, 0.6) is 0 Å². The molecule has 0 atom stereocenters. The second kappa shape index (κ2) is 6.05. The number of carbonyl (C=O) groups excluding carboxylic acids is 1. The fourth-order valence-corrected chi connectivity index (χ4v) is 2.89. The lowest BCUT2D eigenvalue weighted by molar-refractivity contribution is 0.205. The van der Waals surface area contributed by atoms with E-state index in [9.17, 15) is 4.79 Å². The SMILES string of the molecule is CN(CCc1cccs1)C(=O)NC1CCCC1. The van der Waals surface area contributed by atoms with Crippen LogP contribution in [-0.2, 0) is 6.42 Å². The average molecular weight is 252 g/mol. The molecule has 3 nitrogen and oxygen atoms in total. The Morgan fingerprint density at radius 2 is 2.29 bits per heavy atom. The first kappa shape index (κ1) is 12.4. The zero-order valence-corrected chi connectivity index (χ0v) is 11.1. The minimum absolute atomic E-state index is 0.0773. The summed E-state index contributed by atoms with van der Waals surface area (Å²) in [7, 11) is 1.87. The minimum Gasteiger partial charge on any atom is -0.335 e. The van der Waals surface area contributed by atoms with Crippen molar-refractivity contribution in [2.24, 2.45) is 0 Å². The average Bonchev–Trinajstić information content (AvgIpc) is 2.98. The lowest BCUT2D eigenvalue weighted by Gasteiger charge is -2.20. The van der Waals surface area contributed by atoms with Crippen LogP contribution < -0.4 is 5.32 Å². The van der Waals surface area contributed by atoms with Gasteiger partial charge in [-0.25, -0.2) is 4.79 Å². The van der Waals surface area contributed by atoms with E-state index >= 15 is 0 Å². The van der Waals surface area contributed by atoms with Gasteiger partial charge < -0.3 is 10.2 Å². The molecule has 4 heteroatoms. The quantitative estimate of drug-likeness (QED) is 0.878. The summed E-state index contributed by atoms with van der Waals surface area (Å²) in [6.07, 6.45) is 5.75. The van der Waals surface area contributed by atoms with Crippen molar-refractivity contribution in [3.05, 3.63) is 22.4 Å². The molecule has 94 valence electrons. The molecular formula is C13H20N2OS. The van der Waals surface area contributed by atoms with Gasteiger partial charge in [-0.2, -0.15) is 0 Å². The molecule has 1 fully saturated rings. The Labute approximate surface area is 107 Å². The van der Waals surface area contributed by atoms with Gasteiger partial charge in [0.15, 0.2) is 0 Å². The second-order valence-corrected chi connectivity index (χ2v) is 5.71. The number of urea groups is 1. The van der Waals surface area contributed by atoms with Gasteiger partial charge in [0.2, 0.25) is 0 Å². The number of nitrogens with one attached hydrogen (secondary N) is 1. The third kappa shape index (κ3) is 3.73. The summed E-state index contributed by atoms with van der Waals surface area (Å²) in [5.74, 6) is 0. The molecule has 2 rings (SSSR count). The van der Waals surface area contributed by atoms with E-state index < -0.39 is 0 Å². The Kier molecular flexibility index (Phi) is 4.42. The number of thiophene rings is 1. The van der Waals surface area contributed by atoms with Crippen molar-refractivity contribution >= 4 is 17.4 Å². The first-order chi connectivity index (χ1) is 8.25. The van der Waals surface area contributed by atoms with Crippen LogP contribution in [0, 0.1) is 0 Å². The third-order valence-electron chi connectivity index (χ3n) is 3.30. The zero-order chi connectivity index (χ0) is 12.1. The lowest BCUT2D eigenvalue weighted by atomic mass is 10.2. The van der Waals surface area contributed by atoms with E-state index in [0.29, 0.717) is 6.04 Å². The van der Waals surface area contributed by atoms with E-state index in [0.717, 1.165) is 25.8 Å². The molecule has 1 aromatic rings. The van der Waals surface area contributed by atoms with Gasteiger partial charge in [-0.3, -0.25) is 0 Å². The number of amides is 2. The van der Waals surface area contributed by atoms with Crippen LogP contribution in [0.2, 0.25) is 0 Å². The zero-order valence-electron chi connectivity index (χ0n) is 10.3. The van der Waals surface area contributed by atoms with Gasteiger partial charge in [-0.15, -0.1) is 11.3 Å².